The summed E-state index contributed by atoms with van der Waals surface area (Å²) < 4.78 is 25.9. The molecular weight excluding hydrogens is 402 g/mol. The number of thiazole rings is 1. The van der Waals surface area contributed by atoms with Gasteiger partial charge in [0.15, 0.2) is 5.13 Å². The van der Waals surface area contributed by atoms with Crippen LogP contribution in [0.15, 0.2) is 17.5 Å². The van der Waals surface area contributed by atoms with E-state index in [0.717, 1.165) is 10.6 Å². The van der Waals surface area contributed by atoms with Crippen molar-refractivity contribution in [2.45, 2.75) is 19.8 Å². The standard InChI is InChI=1S/C15H18ClN3O3S3/c1-2-25(21,22)19-7-5-10(6-8-19)14(20)18-15-17-11(9-23-15)12-3-4-13(16)24-12/h3-4,9-10H,2,5-8H2,1H3,(H,17,18,20). The Hall–Kier alpha value is -1.000. The summed E-state index contributed by atoms with van der Waals surface area (Å²) in [7, 11) is -3.17. The fraction of sp³-hybridized carbons (Fsp3) is 0.467. The maximum atomic E-state index is 12.4. The fourth-order valence-corrected chi connectivity index (χ4v) is 5.61. The van der Waals surface area contributed by atoms with E-state index in [4.69, 9.17) is 11.6 Å². The molecular formula is C15H18ClN3O3S3. The second-order valence-corrected chi connectivity index (χ2v) is 10.5. The number of carbonyl (C=O) groups excluding carboxylic acids is 1. The van der Waals surface area contributed by atoms with Crippen LogP contribution < -0.4 is 5.32 Å². The smallest absolute Gasteiger partial charge is 0.229 e. The van der Waals surface area contributed by atoms with Crippen molar-refractivity contribution in [2.24, 2.45) is 5.92 Å². The van der Waals surface area contributed by atoms with E-state index in [-0.39, 0.29) is 17.6 Å². The first-order valence-electron chi connectivity index (χ1n) is 7.89. The molecule has 1 fully saturated rings. The highest BCUT2D eigenvalue weighted by molar-refractivity contribution is 7.89. The molecule has 1 aliphatic heterocycles. The van der Waals surface area contributed by atoms with Crippen LogP contribution in [-0.2, 0) is 14.8 Å². The van der Waals surface area contributed by atoms with Gasteiger partial charge in [0.25, 0.3) is 0 Å². The zero-order valence-electron chi connectivity index (χ0n) is 13.6. The first-order chi connectivity index (χ1) is 11.9. The zero-order chi connectivity index (χ0) is 18.0. The third-order valence-electron chi connectivity index (χ3n) is 4.14. The van der Waals surface area contributed by atoms with Crippen molar-refractivity contribution < 1.29 is 13.2 Å². The summed E-state index contributed by atoms with van der Waals surface area (Å²) in [5.41, 5.74) is 0.793. The molecule has 1 aliphatic rings. The van der Waals surface area contributed by atoms with Gasteiger partial charge >= 0.3 is 0 Å². The van der Waals surface area contributed by atoms with Gasteiger partial charge in [-0.15, -0.1) is 22.7 Å². The van der Waals surface area contributed by atoms with Gasteiger partial charge in [-0.1, -0.05) is 11.6 Å². The molecule has 0 aliphatic carbocycles. The number of hydrogen-bond donors (Lipinski definition) is 1. The molecule has 0 unspecified atom stereocenters. The number of hydrogen-bond acceptors (Lipinski definition) is 6. The van der Waals surface area contributed by atoms with E-state index >= 15 is 0 Å². The van der Waals surface area contributed by atoms with E-state index in [1.165, 1.54) is 27.0 Å². The van der Waals surface area contributed by atoms with Crippen molar-refractivity contribution in [3.8, 4) is 10.6 Å². The van der Waals surface area contributed by atoms with Crippen LogP contribution in [0.1, 0.15) is 19.8 Å². The Balaban J connectivity index is 1.58. The first-order valence-corrected chi connectivity index (χ1v) is 11.6. The van der Waals surface area contributed by atoms with Crippen molar-refractivity contribution in [3.63, 3.8) is 0 Å². The number of carbonyl (C=O) groups is 1. The topological polar surface area (TPSA) is 79.4 Å². The van der Waals surface area contributed by atoms with Gasteiger partial charge in [-0.3, -0.25) is 4.79 Å². The molecule has 0 atom stereocenters. The molecule has 2 aromatic rings. The molecule has 3 rings (SSSR count). The van der Waals surface area contributed by atoms with Gasteiger partial charge in [-0.2, -0.15) is 0 Å². The van der Waals surface area contributed by atoms with Gasteiger partial charge in [0.1, 0.15) is 0 Å². The van der Waals surface area contributed by atoms with Crippen LogP contribution in [0.4, 0.5) is 5.13 Å². The molecule has 10 heteroatoms. The van der Waals surface area contributed by atoms with E-state index in [1.54, 1.807) is 6.92 Å². The number of nitrogens with zero attached hydrogens (tertiary/aromatic N) is 2. The maximum absolute atomic E-state index is 12.4. The largest absolute Gasteiger partial charge is 0.302 e. The molecule has 0 saturated carbocycles. The summed E-state index contributed by atoms with van der Waals surface area (Å²) in [4.78, 5) is 17.8. The lowest BCUT2D eigenvalue weighted by Crippen LogP contribution is -2.42. The van der Waals surface area contributed by atoms with Crippen LogP contribution in [0.2, 0.25) is 4.34 Å². The van der Waals surface area contributed by atoms with Gasteiger partial charge in [0.05, 0.1) is 20.7 Å². The summed E-state index contributed by atoms with van der Waals surface area (Å²) in [5, 5.41) is 5.28. The number of amides is 1. The number of thiophene rings is 1. The Kier molecular flexibility index (Phi) is 5.79. The van der Waals surface area contributed by atoms with E-state index in [0.29, 0.717) is 35.4 Å². The number of piperidine rings is 1. The third-order valence-corrected chi connectivity index (χ3v) is 8.04. The fourth-order valence-electron chi connectivity index (χ4n) is 2.68. The first kappa shape index (κ1) is 18.8. The molecule has 1 amide bonds. The maximum Gasteiger partial charge on any atom is 0.229 e. The third kappa shape index (κ3) is 4.40. The average Bonchev–Trinajstić information content (AvgIpc) is 3.24. The summed E-state index contributed by atoms with van der Waals surface area (Å²) in [5.74, 6) is -0.191. The quantitative estimate of drug-likeness (QED) is 0.803. The molecule has 2 aromatic heterocycles. The van der Waals surface area contributed by atoms with Gasteiger partial charge in [-0.05, 0) is 31.9 Å². The van der Waals surface area contributed by atoms with E-state index < -0.39 is 10.0 Å². The second-order valence-electron chi connectivity index (χ2n) is 5.70. The predicted octanol–water partition coefficient (Wildman–Crippen LogP) is 3.53. The number of sulfonamides is 1. The Morgan fingerprint density at radius 1 is 1.40 bits per heavy atom. The number of halogens is 1. The van der Waals surface area contributed by atoms with Crippen LogP contribution in [-0.4, -0.2) is 42.5 Å². The monoisotopic (exact) mass is 419 g/mol. The van der Waals surface area contributed by atoms with Crippen LogP contribution in [0.25, 0.3) is 10.6 Å². The predicted molar refractivity (Wildman–Crippen MR) is 103 cm³/mol. The van der Waals surface area contributed by atoms with Crippen LogP contribution in [0.3, 0.4) is 0 Å². The lowest BCUT2D eigenvalue weighted by molar-refractivity contribution is -0.120. The van der Waals surface area contributed by atoms with Crippen LogP contribution in [0.5, 0.6) is 0 Å². The van der Waals surface area contributed by atoms with Crippen molar-refractivity contribution >= 4 is 55.3 Å². The number of rotatable bonds is 5. The molecule has 136 valence electrons. The molecule has 6 nitrogen and oxygen atoms in total. The summed E-state index contributed by atoms with van der Waals surface area (Å²) >= 11 is 8.74. The van der Waals surface area contributed by atoms with Crippen molar-refractivity contribution in [3.05, 3.63) is 21.8 Å². The Bertz CT molecular complexity index is 854. The van der Waals surface area contributed by atoms with Gasteiger partial charge in [0.2, 0.25) is 15.9 Å². The second kappa shape index (κ2) is 7.71. The lowest BCUT2D eigenvalue weighted by Gasteiger charge is -2.30. The summed E-state index contributed by atoms with van der Waals surface area (Å²) in [6.07, 6.45) is 1.06. The minimum atomic E-state index is -3.17. The van der Waals surface area contributed by atoms with E-state index in [2.05, 4.69) is 10.3 Å². The van der Waals surface area contributed by atoms with Crippen molar-refractivity contribution in [2.75, 3.05) is 24.2 Å². The zero-order valence-corrected chi connectivity index (χ0v) is 16.8. The number of nitrogens with one attached hydrogen (secondary N) is 1. The minimum Gasteiger partial charge on any atom is -0.302 e. The Morgan fingerprint density at radius 2 is 2.12 bits per heavy atom. The SMILES string of the molecule is CCS(=O)(=O)N1CCC(C(=O)Nc2nc(-c3ccc(Cl)s3)cs2)CC1. The molecule has 25 heavy (non-hydrogen) atoms. The normalized spacial score (nSPS) is 16.9. The highest BCUT2D eigenvalue weighted by Gasteiger charge is 2.30. The molecule has 0 aromatic carbocycles. The summed E-state index contributed by atoms with van der Waals surface area (Å²) in [6, 6.07) is 3.72. The lowest BCUT2D eigenvalue weighted by atomic mass is 9.97. The average molecular weight is 420 g/mol. The van der Waals surface area contributed by atoms with E-state index in [1.807, 2.05) is 17.5 Å². The Labute approximate surface area is 159 Å². The number of aromatic nitrogens is 1. The van der Waals surface area contributed by atoms with Crippen molar-refractivity contribution in [1.29, 1.82) is 0 Å². The van der Waals surface area contributed by atoms with Gasteiger partial charge in [-0.25, -0.2) is 17.7 Å². The van der Waals surface area contributed by atoms with Gasteiger partial charge < -0.3 is 5.32 Å². The highest BCUT2D eigenvalue weighted by Crippen LogP contribution is 2.33. The molecule has 0 bridgehead atoms. The summed E-state index contributed by atoms with van der Waals surface area (Å²) in [6.45, 7) is 2.42. The molecule has 0 radical (unpaired) electrons. The molecule has 1 N–H and O–H groups in total. The number of anilines is 1. The van der Waals surface area contributed by atoms with Gasteiger partial charge in [0, 0.05) is 24.4 Å². The van der Waals surface area contributed by atoms with Crippen LogP contribution >= 0.6 is 34.3 Å². The van der Waals surface area contributed by atoms with Crippen molar-refractivity contribution in [1.82, 2.24) is 9.29 Å². The van der Waals surface area contributed by atoms with Crippen LogP contribution in [0, 0.1) is 5.92 Å². The molecule has 3 heterocycles. The Morgan fingerprint density at radius 3 is 2.72 bits per heavy atom. The highest BCUT2D eigenvalue weighted by atomic mass is 35.5. The van der Waals surface area contributed by atoms with E-state index in [9.17, 15) is 13.2 Å². The molecule has 0 spiro atoms. The minimum absolute atomic E-state index is 0.0957. The molecule has 1 saturated heterocycles.